The van der Waals surface area contributed by atoms with Gasteiger partial charge in [0, 0.05) is 35.8 Å². The molecule has 2 atom stereocenters. The Morgan fingerprint density at radius 3 is 2.58 bits per heavy atom. The fourth-order valence-corrected chi connectivity index (χ4v) is 8.05. The van der Waals surface area contributed by atoms with Gasteiger partial charge in [-0.05, 0) is 73.0 Å². The number of aromatic nitrogens is 1. The van der Waals surface area contributed by atoms with Crippen LogP contribution in [-0.2, 0) is 26.9 Å². The molecule has 4 aromatic rings. The number of rotatable bonds is 11. The molecule has 3 heterocycles. The van der Waals surface area contributed by atoms with E-state index >= 15 is 4.79 Å². The fraction of sp³-hybridized carbons (Fsp3) is 0.312. The number of methoxy groups -OCH3 is 2. The molecule has 0 radical (unpaired) electrons. The summed E-state index contributed by atoms with van der Waals surface area (Å²) in [7, 11) is -1.43. The van der Waals surface area contributed by atoms with Gasteiger partial charge in [-0.1, -0.05) is 17.7 Å². The number of aliphatic hydroxyl groups is 1. The molecule has 236 valence electrons. The molecule has 2 N–H and O–H groups in total. The summed E-state index contributed by atoms with van der Waals surface area (Å²) in [6.07, 6.45) is 4.35. The summed E-state index contributed by atoms with van der Waals surface area (Å²) in [6.45, 7) is 1.15. The number of hydrogen-bond donors (Lipinski definition) is 2. The van der Waals surface area contributed by atoms with Crippen molar-refractivity contribution in [1.82, 2.24) is 15.2 Å². The van der Waals surface area contributed by atoms with Gasteiger partial charge in [0.15, 0.2) is 5.54 Å². The van der Waals surface area contributed by atoms with E-state index in [4.69, 9.17) is 25.5 Å². The van der Waals surface area contributed by atoms with Crippen molar-refractivity contribution in [2.45, 2.75) is 35.9 Å². The van der Waals surface area contributed by atoms with Crippen molar-refractivity contribution in [2.24, 2.45) is 0 Å². The van der Waals surface area contributed by atoms with Crippen LogP contribution in [0.25, 0.3) is 0 Å². The summed E-state index contributed by atoms with van der Waals surface area (Å²) in [5.74, 6) is 0.583. The van der Waals surface area contributed by atoms with Crippen LogP contribution in [0.5, 0.6) is 11.5 Å². The van der Waals surface area contributed by atoms with Crippen LogP contribution in [0.4, 0.5) is 5.69 Å². The zero-order valence-electron chi connectivity index (χ0n) is 24.8. The lowest BCUT2D eigenvalue weighted by Crippen LogP contribution is -2.54. The summed E-state index contributed by atoms with van der Waals surface area (Å²) in [5.41, 5.74) is 0.137. The first-order valence-corrected chi connectivity index (χ1v) is 16.3. The van der Waals surface area contributed by atoms with Crippen LogP contribution in [0, 0.1) is 0 Å². The molecule has 6 rings (SSSR count). The number of carbonyl (C=O) groups excluding carboxylic acids is 1. The lowest BCUT2D eigenvalue weighted by Gasteiger charge is -2.41. The van der Waals surface area contributed by atoms with E-state index in [-0.39, 0.29) is 17.2 Å². The van der Waals surface area contributed by atoms with Crippen molar-refractivity contribution >= 4 is 33.2 Å². The number of hydrogen-bond acceptors (Lipinski definition) is 10. The van der Waals surface area contributed by atoms with E-state index < -0.39 is 27.5 Å². The Bertz CT molecular complexity index is 1800. The predicted octanol–water partition coefficient (Wildman–Crippen LogP) is 4.24. The van der Waals surface area contributed by atoms with Crippen molar-refractivity contribution in [3.8, 4) is 11.5 Å². The second-order valence-electron chi connectivity index (χ2n) is 10.8. The van der Waals surface area contributed by atoms with Gasteiger partial charge in [-0.25, -0.2) is 17.7 Å². The molecule has 0 saturated carbocycles. The summed E-state index contributed by atoms with van der Waals surface area (Å²) in [4.78, 5) is 21.7. The number of sulfonamides is 1. The monoisotopic (exact) mass is 652 g/mol. The third-order valence-corrected chi connectivity index (χ3v) is 10.3. The second kappa shape index (κ2) is 12.5. The molecule has 0 aliphatic carbocycles. The molecule has 1 fully saturated rings. The van der Waals surface area contributed by atoms with Crippen molar-refractivity contribution in [3.63, 3.8) is 0 Å². The fourth-order valence-electron chi connectivity index (χ4n) is 6.41. The first kappa shape index (κ1) is 31.1. The molecule has 2 aliphatic heterocycles. The van der Waals surface area contributed by atoms with Crippen molar-refractivity contribution in [3.05, 3.63) is 101 Å². The minimum atomic E-state index is -4.43. The lowest BCUT2D eigenvalue weighted by atomic mass is 9.80. The van der Waals surface area contributed by atoms with E-state index in [1.165, 1.54) is 44.7 Å². The van der Waals surface area contributed by atoms with E-state index in [0.29, 0.717) is 66.0 Å². The van der Waals surface area contributed by atoms with Gasteiger partial charge in [0.05, 0.1) is 43.6 Å². The molecule has 3 aromatic carbocycles. The van der Waals surface area contributed by atoms with Crippen LogP contribution in [0.2, 0.25) is 5.02 Å². The number of nitrogens with zero attached hydrogens (tertiary/aromatic N) is 3. The standard InChI is InChI=1S/C32H33ClN4O7S/c1-42-23-7-9-24(10-8-23)45(40,41)37-27-11-6-22(33)19-25(27)32(31(37)39,36-15-3-4-28(36)30-35-14-17-44-30)26-18-21(20-34-13-16-38)5-12-29(26)43-2/h5-12,14,17-19,28,34,38H,3-4,13,15-16,20H2,1-2H3/t28-,32?/m0/s1. The zero-order chi connectivity index (χ0) is 31.8. The topological polar surface area (TPSA) is 134 Å². The Morgan fingerprint density at radius 2 is 1.89 bits per heavy atom. The number of fused-ring (bicyclic) bond motifs is 1. The van der Waals surface area contributed by atoms with E-state index in [1.54, 1.807) is 30.5 Å². The average molecular weight is 653 g/mol. The van der Waals surface area contributed by atoms with Crippen LogP contribution in [0.3, 0.4) is 0 Å². The smallest absolute Gasteiger partial charge is 0.271 e. The third kappa shape index (κ3) is 5.16. The summed E-state index contributed by atoms with van der Waals surface area (Å²) in [6, 6.07) is 15.7. The van der Waals surface area contributed by atoms with Crippen LogP contribution >= 0.6 is 11.6 Å². The number of benzene rings is 3. The largest absolute Gasteiger partial charge is 0.497 e. The molecule has 11 nitrogen and oxygen atoms in total. The first-order chi connectivity index (χ1) is 21.8. The summed E-state index contributed by atoms with van der Waals surface area (Å²) >= 11 is 6.62. The highest BCUT2D eigenvalue weighted by molar-refractivity contribution is 7.93. The number of likely N-dealkylation sites (tertiary alicyclic amines) is 1. The number of oxazole rings is 1. The van der Waals surface area contributed by atoms with Crippen molar-refractivity contribution in [2.75, 3.05) is 38.2 Å². The number of carbonyl (C=O) groups is 1. The number of halogens is 1. The van der Waals surface area contributed by atoms with Gasteiger partial charge in [0.2, 0.25) is 5.89 Å². The molecular formula is C32H33ClN4O7S. The van der Waals surface area contributed by atoms with Gasteiger partial charge >= 0.3 is 0 Å². The highest BCUT2D eigenvalue weighted by atomic mass is 35.5. The Hall–Kier alpha value is -3.94. The van der Waals surface area contributed by atoms with E-state index in [0.717, 1.165) is 9.87 Å². The first-order valence-electron chi connectivity index (χ1n) is 14.5. The molecule has 2 aliphatic rings. The molecule has 13 heteroatoms. The Morgan fingerprint density at radius 1 is 1.09 bits per heavy atom. The Labute approximate surface area is 266 Å². The Balaban J connectivity index is 1.64. The van der Waals surface area contributed by atoms with Crippen molar-refractivity contribution in [1.29, 1.82) is 0 Å². The minimum Gasteiger partial charge on any atom is -0.497 e. The third-order valence-electron chi connectivity index (χ3n) is 8.35. The van der Waals surface area contributed by atoms with Gasteiger partial charge < -0.3 is 24.3 Å². The van der Waals surface area contributed by atoms with Crippen LogP contribution < -0.4 is 19.1 Å². The normalized spacial score (nSPS) is 20.0. The van der Waals surface area contributed by atoms with Gasteiger partial charge in [-0.2, -0.15) is 0 Å². The van der Waals surface area contributed by atoms with Crippen LogP contribution in [0.15, 0.2) is 82.4 Å². The SMILES string of the molecule is COc1ccc(S(=O)(=O)N2C(=O)C(c3cc(CNCCO)ccc3OC)(N3CCC[C@H]3c3ncco3)c3cc(Cl)ccc32)cc1. The summed E-state index contributed by atoms with van der Waals surface area (Å²) < 4.78 is 46.7. The number of aliphatic hydroxyl groups excluding tert-OH is 1. The molecule has 1 saturated heterocycles. The van der Waals surface area contributed by atoms with Gasteiger partial charge in [-0.3, -0.25) is 9.69 Å². The number of nitrogens with one attached hydrogen (secondary N) is 1. The van der Waals surface area contributed by atoms with Crippen LogP contribution in [0.1, 0.15) is 41.5 Å². The minimum absolute atomic E-state index is 0.0406. The van der Waals surface area contributed by atoms with Gasteiger partial charge in [0.1, 0.15) is 17.8 Å². The van der Waals surface area contributed by atoms with E-state index in [9.17, 15) is 13.5 Å². The quantitative estimate of drug-likeness (QED) is 0.227. The van der Waals surface area contributed by atoms with Gasteiger partial charge in [-0.15, -0.1) is 0 Å². The van der Waals surface area contributed by atoms with Crippen LogP contribution in [-0.4, -0.2) is 63.2 Å². The molecule has 1 aromatic heterocycles. The highest BCUT2D eigenvalue weighted by Crippen LogP contribution is 2.56. The molecule has 0 bridgehead atoms. The number of ether oxygens (including phenoxy) is 2. The predicted molar refractivity (Wildman–Crippen MR) is 167 cm³/mol. The molecular weight excluding hydrogens is 620 g/mol. The average Bonchev–Trinajstić information content (AvgIpc) is 3.80. The van der Waals surface area contributed by atoms with E-state index in [2.05, 4.69) is 10.3 Å². The number of amides is 1. The van der Waals surface area contributed by atoms with Gasteiger partial charge in [0.25, 0.3) is 15.9 Å². The molecule has 1 amide bonds. The molecule has 0 spiro atoms. The Kier molecular flexibility index (Phi) is 8.59. The van der Waals surface area contributed by atoms with E-state index in [1.807, 2.05) is 17.0 Å². The van der Waals surface area contributed by atoms with Crippen molar-refractivity contribution < 1.29 is 32.2 Å². The number of anilines is 1. The maximum atomic E-state index is 15.4. The second-order valence-corrected chi connectivity index (χ2v) is 13.0. The maximum absolute atomic E-state index is 15.4. The highest BCUT2D eigenvalue weighted by Gasteiger charge is 2.62. The molecule has 1 unspecified atom stereocenters. The molecule has 45 heavy (non-hydrogen) atoms. The summed E-state index contributed by atoms with van der Waals surface area (Å²) in [5, 5.41) is 12.8. The lowest BCUT2D eigenvalue weighted by molar-refractivity contribution is -0.127. The maximum Gasteiger partial charge on any atom is 0.271 e. The zero-order valence-corrected chi connectivity index (χ0v) is 26.3.